The molecule has 1 aliphatic heterocycles. The minimum atomic E-state index is -4.44. The number of fused-ring (bicyclic) bond motifs is 1. The van der Waals surface area contributed by atoms with Crippen molar-refractivity contribution in [3.63, 3.8) is 0 Å². The molecule has 0 bridgehead atoms. The summed E-state index contributed by atoms with van der Waals surface area (Å²) in [5.41, 5.74) is 6.06. The number of hydrogen-bond donors (Lipinski definition) is 3. The molecule has 1 aliphatic rings. The molecule has 158 valence electrons. The Balaban J connectivity index is 0.00000300. The van der Waals surface area contributed by atoms with Crippen LogP contribution in [-0.4, -0.2) is 29.9 Å². The summed E-state index contributed by atoms with van der Waals surface area (Å²) >= 11 is 1.29. The quantitative estimate of drug-likeness (QED) is 0.651. The number of amides is 3. The van der Waals surface area contributed by atoms with Gasteiger partial charge in [-0.15, -0.1) is 23.7 Å². The molecule has 6 nitrogen and oxygen atoms in total. The average Bonchev–Trinajstić information content (AvgIpc) is 2.98. The van der Waals surface area contributed by atoms with Gasteiger partial charge in [0.25, 0.3) is 5.91 Å². The molecule has 29 heavy (non-hydrogen) atoms. The maximum Gasteiger partial charge on any atom is 0.416 e. The largest absolute Gasteiger partial charge is 0.416 e. The van der Waals surface area contributed by atoms with Gasteiger partial charge in [0.2, 0.25) is 0 Å². The first kappa shape index (κ1) is 23.0. The fourth-order valence-corrected chi connectivity index (χ4v) is 4.37. The van der Waals surface area contributed by atoms with Crippen molar-refractivity contribution in [3.8, 4) is 0 Å². The van der Waals surface area contributed by atoms with E-state index in [4.69, 9.17) is 5.73 Å². The second-order valence-corrected chi connectivity index (χ2v) is 7.45. The number of alkyl halides is 3. The fourth-order valence-electron chi connectivity index (χ4n) is 3.08. The summed E-state index contributed by atoms with van der Waals surface area (Å²) in [6.07, 6.45) is -3.78. The molecule has 11 heteroatoms. The van der Waals surface area contributed by atoms with E-state index in [1.807, 2.05) is 6.92 Å². The van der Waals surface area contributed by atoms with Crippen molar-refractivity contribution in [2.24, 2.45) is 5.73 Å². The molecule has 0 radical (unpaired) electrons. The molecule has 0 spiro atoms. The number of benzene rings is 1. The monoisotopic (exact) mass is 448 g/mol. The van der Waals surface area contributed by atoms with Gasteiger partial charge in [0.05, 0.1) is 11.1 Å². The number of primary amides is 1. The predicted octanol–water partition coefficient (Wildman–Crippen LogP) is 4.31. The van der Waals surface area contributed by atoms with E-state index in [2.05, 4.69) is 15.5 Å². The zero-order chi connectivity index (χ0) is 20.5. The van der Waals surface area contributed by atoms with Crippen LogP contribution in [0, 0.1) is 0 Å². The Hall–Kier alpha value is -2.30. The van der Waals surface area contributed by atoms with Gasteiger partial charge in [-0.3, -0.25) is 15.0 Å². The molecule has 1 aromatic carbocycles. The van der Waals surface area contributed by atoms with Crippen molar-refractivity contribution < 1.29 is 22.8 Å². The summed E-state index contributed by atoms with van der Waals surface area (Å²) in [6, 6.07) is 3.43. The lowest BCUT2D eigenvalue weighted by molar-refractivity contribution is -0.137. The summed E-state index contributed by atoms with van der Waals surface area (Å²) < 4.78 is 37.8. The first-order chi connectivity index (χ1) is 13.2. The third-order valence-corrected chi connectivity index (χ3v) is 5.66. The lowest BCUT2D eigenvalue weighted by atomic mass is 10.0. The van der Waals surface area contributed by atoms with Crippen LogP contribution in [0.15, 0.2) is 24.3 Å². The van der Waals surface area contributed by atoms with Crippen molar-refractivity contribution in [2.75, 3.05) is 23.7 Å². The van der Waals surface area contributed by atoms with Crippen LogP contribution in [0.5, 0.6) is 0 Å². The zero-order valence-corrected chi connectivity index (χ0v) is 17.1. The van der Waals surface area contributed by atoms with E-state index in [1.165, 1.54) is 11.3 Å². The van der Waals surface area contributed by atoms with Crippen LogP contribution < -0.4 is 16.4 Å². The summed E-state index contributed by atoms with van der Waals surface area (Å²) in [4.78, 5) is 27.4. The predicted molar refractivity (Wildman–Crippen MR) is 109 cm³/mol. The topological polar surface area (TPSA) is 87.5 Å². The van der Waals surface area contributed by atoms with Gasteiger partial charge >= 0.3 is 12.2 Å². The average molecular weight is 449 g/mol. The summed E-state index contributed by atoms with van der Waals surface area (Å²) in [7, 11) is 0. The summed E-state index contributed by atoms with van der Waals surface area (Å²) in [6.45, 7) is 4.40. The van der Waals surface area contributed by atoms with E-state index in [1.54, 1.807) is 0 Å². The van der Waals surface area contributed by atoms with E-state index in [0.29, 0.717) is 23.5 Å². The van der Waals surface area contributed by atoms with Crippen LogP contribution in [0.2, 0.25) is 0 Å². The van der Waals surface area contributed by atoms with Gasteiger partial charge in [-0.2, -0.15) is 13.2 Å². The van der Waals surface area contributed by atoms with Crippen LogP contribution in [0.3, 0.4) is 0 Å². The summed E-state index contributed by atoms with van der Waals surface area (Å²) in [5.74, 6) is -0.618. The van der Waals surface area contributed by atoms with Gasteiger partial charge in [-0.25, -0.2) is 4.79 Å². The molecule has 0 unspecified atom stereocenters. The minimum absolute atomic E-state index is 0. The maximum atomic E-state index is 12.6. The van der Waals surface area contributed by atoms with Crippen molar-refractivity contribution >= 4 is 46.4 Å². The number of halogens is 4. The van der Waals surface area contributed by atoms with Gasteiger partial charge in [0.1, 0.15) is 5.00 Å². The second-order valence-electron chi connectivity index (χ2n) is 6.35. The molecule has 3 rings (SSSR count). The molecule has 2 aromatic rings. The minimum Gasteiger partial charge on any atom is -0.365 e. The molecule has 0 saturated heterocycles. The van der Waals surface area contributed by atoms with Crippen molar-refractivity contribution in [3.05, 3.63) is 45.8 Å². The van der Waals surface area contributed by atoms with E-state index < -0.39 is 23.7 Å². The second kappa shape index (κ2) is 9.02. The standard InChI is InChI=1S/C18H19F3N4O2S.ClH/c1-2-25-8-7-12-13(9-25)28-16(14(12)15(22)26)24-17(27)23-11-5-3-10(4-6-11)18(19,20)21;/h3-6H,2,7-9H2,1H3,(H2,22,26)(H2,23,24,27);1H. The lowest BCUT2D eigenvalue weighted by Crippen LogP contribution is -2.30. The number of carbonyl (C=O) groups excluding carboxylic acids is 2. The number of hydrogen-bond acceptors (Lipinski definition) is 4. The number of anilines is 2. The van der Waals surface area contributed by atoms with E-state index in [-0.39, 0.29) is 18.1 Å². The highest BCUT2D eigenvalue weighted by Gasteiger charge is 2.30. The van der Waals surface area contributed by atoms with E-state index in [9.17, 15) is 22.8 Å². The van der Waals surface area contributed by atoms with Gasteiger partial charge in [-0.1, -0.05) is 6.92 Å². The van der Waals surface area contributed by atoms with Gasteiger partial charge in [0.15, 0.2) is 0 Å². The molecular weight excluding hydrogens is 429 g/mol. The third kappa shape index (κ3) is 5.20. The van der Waals surface area contributed by atoms with Gasteiger partial charge in [-0.05, 0) is 42.8 Å². The lowest BCUT2D eigenvalue weighted by Gasteiger charge is -2.25. The van der Waals surface area contributed by atoms with Crippen LogP contribution in [-0.2, 0) is 19.1 Å². The molecule has 0 saturated carbocycles. The Bertz CT molecular complexity index is 900. The smallest absolute Gasteiger partial charge is 0.365 e. The first-order valence-electron chi connectivity index (χ1n) is 8.61. The third-order valence-electron chi connectivity index (χ3n) is 4.53. The SMILES string of the molecule is CCN1CCc2c(sc(NC(=O)Nc3ccc(C(F)(F)F)cc3)c2C(N)=O)C1.Cl. The maximum absolute atomic E-state index is 12.6. The van der Waals surface area contributed by atoms with E-state index >= 15 is 0 Å². The van der Waals surface area contributed by atoms with Crippen molar-refractivity contribution in [2.45, 2.75) is 26.1 Å². The molecular formula is C18H20ClF3N4O2S. The van der Waals surface area contributed by atoms with E-state index in [0.717, 1.165) is 47.8 Å². The Labute approximate surface area is 175 Å². The van der Waals surface area contributed by atoms with Gasteiger partial charge in [0, 0.05) is 23.7 Å². The molecule has 2 heterocycles. The molecule has 1 aromatic heterocycles. The highest BCUT2D eigenvalue weighted by atomic mass is 35.5. The highest BCUT2D eigenvalue weighted by Crippen LogP contribution is 2.37. The number of rotatable bonds is 4. The number of urea groups is 1. The number of nitrogens with one attached hydrogen (secondary N) is 2. The zero-order valence-electron chi connectivity index (χ0n) is 15.4. The number of carbonyl (C=O) groups is 2. The number of nitrogens with two attached hydrogens (primary N) is 1. The molecule has 4 N–H and O–H groups in total. The number of likely N-dealkylation sites (N-methyl/N-ethyl adjacent to an activating group) is 1. The Morgan fingerprint density at radius 3 is 2.41 bits per heavy atom. The summed E-state index contributed by atoms with van der Waals surface area (Å²) in [5, 5.41) is 5.41. The highest BCUT2D eigenvalue weighted by molar-refractivity contribution is 7.17. The van der Waals surface area contributed by atoms with Crippen LogP contribution in [0.4, 0.5) is 28.7 Å². The fraction of sp³-hybridized carbons (Fsp3) is 0.333. The van der Waals surface area contributed by atoms with Crippen molar-refractivity contribution in [1.29, 1.82) is 0 Å². The molecule has 0 fully saturated rings. The Kier molecular flexibility index (Phi) is 7.15. The Morgan fingerprint density at radius 1 is 1.21 bits per heavy atom. The van der Waals surface area contributed by atoms with Crippen molar-refractivity contribution in [1.82, 2.24) is 4.90 Å². The van der Waals surface area contributed by atoms with Crippen LogP contribution in [0.1, 0.15) is 33.3 Å². The van der Waals surface area contributed by atoms with Gasteiger partial charge < -0.3 is 11.1 Å². The van der Waals surface area contributed by atoms with Crippen LogP contribution in [0.25, 0.3) is 0 Å². The number of nitrogens with zero attached hydrogens (tertiary/aromatic N) is 1. The first-order valence-corrected chi connectivity index (χ1v) is 9.42. The normalized spacial score (nSPS) is 13.9. The molecule has 0 aliphatic carbocycles. The van der Waals surface area contributed by atoms with Crippen LogP contribution >= 0.6 is 23.7 Å². The number of thiophene rings is 1. The molecule has 0 atom stereocenters. The molecule has 3 amide bonds. The Morgan fingerprint density at radius 2 is 1.86 bits per heavy atom.